The third kappa shape index (κ3) is 3.57. The Bertz CT molecular complexity index is 619. The average molecular weight is 270 g/mol. The molecule has 0 saturated carbocycles. The van der Waals surface area contributed by atoms with Crippen molar-refractivity contribution < 1.29 is 13.2 Å². The summed E-state index contributed by atoms with van der Waals surface area (Å²) in [5, 5.41) is 3.17. The van der Waals surface area contributed by atoms with Gasteiger partial charge in [-0.3, -0.25) is 4.79 Å². The van der Waals surface area contributed by atoms with Crippen LogP contribution in [0.1, 0.15) is 0 Å². The fraction of sp³-hybridized carbons (Fsp3) is 0.308. The highest BCUT2D eigenvalue weighted by Crippen LogP contribution is 2.12. The summed E-state index contributed by atoms with van der Waals surface area (Å²) in [6.45, 7) is -0.754. The van der Waals surface area contributed by atoms with E-state index in [1.807, 2.05) is 12.1 Å². The molecule has 0 spiro atoms. The van der Waals surface area contributed by atoms with Crippen LogP contribution in [0.2, 0.25) is 0 Å². The number of nitrogens with one attached hydrogen (secondary N) is 1. The standard InChI is InChI=1S/C13H13F3N2O/c14-13(15,16)9-17-7-8-18-11-4-2-1-3-10(11)5-6-12(18)19/h1-6,17H,7-9H2. The lowest BCUT2D eigenvalue weighted by Gasteiger charge is -2.11. The minimum Gasteiger partial charge on any atom is -0.307 e. The maximum atomic E-state index is 12.0. The molecule has 0 radical (unpaired) electrons. The number of hydrogen-bond acceptors (Lipinski definition) is 2. The largest absolute Gasteiger partial charge is 0.401 e. The SMILES string of the molecule is O=c1ccc2ccccc2n1CCNCC(F)(F)F. The fourth-order valence-corrected chi connectivity index (χ4v) is 1.90. The Morgan fingerprint density at radius 2 is 1.84 bits per heavy atom. The summed E-state index contributed by atoms with van der Waals surface area (Å²) >= 11 is 0. The van der Waals surface area contributed by atoms with Gasteiger partial charge in [0.05, 0.1) is 12.1 Å². The van der Waals surface area contributed by atoms with Gasteiger partial charge in [0.15, 0.2) is 0 Å². The van der Waals surface area contributed by atoms with Crippen LogP contribution in [0.5, 0.6) is 0 Å². The summed E-state index contributed by atoms with van der Waals surface area (Å²) in [5.41, 5.74) is 0.510. The van der Waals surface area contributed by atoms with Crippen molar-refractivity contribution in [1.29, 1.82) is 0 Å². The molecule has 6 heteroatoms. The molecule has 1 aromatic heterocycles. The molecule has 0 bridgehead atoms. The van der Waals surface area contributed by atoms with Crippen molar-refractivity contribution in [3.05, 3.63) is 46.8 Å². The number of fused-ring (bicyclic) bond motifs is 1. The van der Waals surface area contributed by atoms with E-state index < -0.39 is 12.7 Å². The summed E-state index contributed by atoms with van der Waals surface area (Å²) in [7, 11) is 0. The van der Waals surface area contributed by atoms with E-state index >= 15 is 0 Å². The highest BCUT2D eigenvalue weighted by molar-refractivity contribution is 5.78. The second-order valence-corrected chi connectivity index (χ2v) is 4.17. The molecule has 19 heavy (non-hydrogen) atoms. The number of benzene rings is 1. The third-order valence-electron chi connectivity index (χ3n) is 2.74. The van der Waals surface area contributed by atoms with Crippen molar-refractivity contribution in [2.24, 2.45) is 0 Å². The van der Waals surface area contributed by atoms with Crippen molar-refractivity contribution in [1.82, 2.24) is 9.88 Å². The van der Waals surface area contributed by atoms with Gasteiger partial charge in [-0.15, -0.1) is 0 Å². The van der Waals surface area contributed by atoms with Gasteiger partial charge < -0.3 is 9.88 Å². The quantitative estimate of drug-likeness (QED) is 0.864. The number of rotatable bonds is 4. The Morgan fingerprint density at radius 3 is 2.58 bits per heavy atom. The number of aromatic nitrogens is 1. The van der Waals surface area contributed by atoms with E-state index in [-0.39, 0.29) is 18.6 Å². The molecule has 0 atom stereocenters. The van der Waals surface area contributed by atoms with E-state index in [0.29, 0.717) is 0 Å². The highest BCUT2D eigenvalue weighted by Gasteiger charge is 2.25. The van der Waals surface area contributed by atoms with Crippen LogP contribution in [0, 0.1) is 0 Å². The number of para-hydroxylation sites is 1. The fourth-order valence-electron chi connectivity index (χ4n) is 1.90. The Morgan fingerprint density at radius 1 is 1.11 bits per heavy atom. The Hall–Kier alpha value is -1.82. The van der Waals surface area contributed by atoms with Gasteiger partial charge >= 0.3 is 6.18 Å². The zero-order chi connectivity index (χ0) is 13.9. The summed E-state index contributed by atoms with van der Waals surface area (Å²) in [6, 6.07) is 10.4. The molecule has 2 rings (SSSR count). The van der Waals surface area contributed by atoms with Gasteiger partial charge in [0.25, 0.3) is 5.56 Å². The maximum absolute atomic E-state index is 12.0. The molecule has 0 aliphatic rings. The Kier molecular flexibility index (Phi) is 3.90. The van der Waals surface area contributed by atoms with E-state index in [1.54, 1.807) is 18.2 Å². The minimum atomic E-state index is -4.23. The topological polar surface area (TPSA) is 34.0 Å². The number of pyridine rings is 1. The monoisotopic (exact) mass is 270 g/mol. The molecule has 0 fully saturated rings. The molecule has 1 heterocycles. The van der Waals surface area contributed by atoms with Gasteiger partial charge in [-0.2, -0.15) is 13.2 Å². The van der Waals surface area contributed by atoms with Gasteiger partial charge in [0, 0.05) is 19.2 Å². The van der Waals surface area contributed by atoms with Crippen LogP contribution in [0.25, 0.3) is 10.9 Å². The van der Waals surface area contributed by atoms with Crippen molar-refractivity contribution in [3.8, 4) is 0 Å². The van der Waals surface area contributed by atoms with Gasteiger partial charge in [0.2, 0.25) is 0 Å². The summed E-state index contributed by atoms with van der Waals surface area (Å²) < 4.78 is 37.4. The molecule has 2 aromatic rings. The number of nitrogens with zero attached hydrogens (tertiary/aromatic N) is 1. The lowest BCUT2D eigenvalue weighted by atomic mass is 10.2. The zero-order valence-corrected chi connectivity index (χ0v) is 10.1. The first-order valence-electron chi connectivity index (χ1n) is 5.83. The van der Waals surface area contributed by atoms with Crippen LogP contribution in [-0.4, -0.2) is 23.8 Å². The second kappa shape index (κ2) is 5.44. The number of halogens is 3. The summed E-state index contributed by atoms with van der Waals surface area (Å²) in [5.74, 6) is 0. The second-order valence-electron chi connectivity index (χ2n) is 4.17. The summed E-state index contributed by atoms with van der Waals surface area (Å²) in [6.07, 6.45) is -4.23. The van der Waals surface area contributed by atoms with Crippen LogP contribution in [0.4, 0.5) is 13.2 Å². The van der Waals surface area contributed by atoms with Crippen molar-refractivity contribution >= 4 is 10.9 Å². The summed E-state index contributed by atoms with van der Waals surface area (Å²) in [4.78, 5) is 11.7. The first kappa shape index (κ1) is 13.6. The molecule has 0 aliphatic carbocycles. The molecule has 3 nitrogen and oxygen atoms in total. The highest BCUT2D eigenvalue weighted by atomic mass is 19.4. The molecule has 0 saturated heterocycles. The van der Waals surface area contributed by atoms with Gasteiger partial charge in [0.1, 0.15) is 0 Å². The zero-order valence-electron chi connectivity index (χ0n) is 10.1. The van der Waals surface area contributed by atoms with Gasteiger partial charge in [-0.05, 0) is 17.5 Å². The molecule has 0 aliphatic heterocycles. The lowest BCUT2D eigenvalue weighted by Crippen LogP contribution is -2.33. The van der Waals surface area contributed by atoms with Gasteiger partial charge in [-0.1, -0.05) is 18.2 Å². The molecular weight excluding hydrogens is 257 g/mol. The smallest absolute Gasteiger partial charge is 0.307 e. The Balaban J connectivity index is 2.12. The first-order chi connectivity index (χ1) is 8.97. The Labute approximate surface area is 107 Å². The molecule has 1 aromatic carbocycles. The predicted molar refractivity (Wildman–Crippen MR) is 67.1 cm³/mol. The maximum Gasteiger partial charge on any atom is 0.401 e. The molecule has 1 N–H and O–H groups in total. The molecule has 0 amide bonds. The first-order valence-corrected chi connectivity index (χ1v) is 5.83. The normalized spacial score (nSPS) is 11.9. The lowest BCUT2D eigenvalue weighted by molar-refractivity contribution is -0.124. The van der Waals surface area contributed by atoms with Crippen molar-refractivity contribution in [2.45, 2.75) is 12.7 Å². The van der Waals surface area contributed by atoms with Crippen LogP contribution < -0.4 is 10.9 Å². The van der Waals surface area contributed by atoms with Crippen LogP contribution in [0.15, 0.2) is 41.2 Å². The minimum absolute atomic E-state index is 0.0907. The average Bonchev–Trinajstić information content (AvgIpc) is 2.35. The van der Waals surface area contributed by atoms with E-state index in [4.69, 9.17) is 0 Å². The van der Waals surface area contributed by atoms with Crippen LogP contribution >= 0.6 is 0 Å². The van der Waals surface area contributed by atoms with E-state index in [1.165, 1.54) is 10.6 Å². The van der Waals surface area contributed by atoms with E-state index in [0.717, 1.165) is 10.9 Å². The van der Waals surface area contributed by atoms with Gasteiger partial charge in [-0.25, -0.2) is 0 Å². The van der Waals surface area contributed by atoms with Crippen molar-refractivity contribution in [3.63, 3.8) is 0 Å². The predicted octanol–water partition coefficient (Wildman–Crippen LogP) is 2.15. The van der Waals surface area contributed by atoms with Crippen LogP contribution in [-0.2, 0) is 6.54 Å². The van der Waals surface area contributed by atoms with E-state index in [2.05, 4.69) is 5.32 Å². The number of hydrogen-bond donors (Lipinski definition) is 1. The van der Waals surface area contributed by atoms with Crippen LogP contribution in [0.3, 0.4) is 0 Å². The molecule has 102 valence electrons. The van der Waals surface area contributed by atoms with E-state index in [9.17, 15) is 18.0 Å². The molecular formula is C13H13F3N2O. The third-order valence-corrected chi connectivity index (χ3v) is 2.74. The molecule has 0 unspecified atom stereocenters. The number of alkyl halides is 3. The van der Waals surface area contributed by atoms with Crippen molar-refractivity contribution in [2.75, 3.05) is 13.1 Å².